The van der Waals surface area contributed by atoms with E-state index in [4.69, 9.17) is 0 Å². The number of amides is 1. The Balaban J connectivity index is 1.66. The van der Waals surface area contributed by atoms with Gasteiger partial charge in [0.25, 0.3) is 0 Å². The van der Waals surface area contributed by atoms with Crippen LogP contribution in [0.2, 0.25) is 0 Å². The third-order valence-electron chi connectivity index (χ3n) is 4.16. The summed E-state index contributed by atoms with van der Waals surface area (Å²) in [5.74, 6) is 0.140. The van der Waals surface area contributed by atoms with Crippen LogP contribution in [0.3, 0.4) is 0 Å². The monoisotopic (exact) mass is 402 g/mol. The Morgan fingerprint density at radius 2 is 2.04 bits per heavy atom. The van der Waals surface area contributed by atoms with Crippen molar-refractivity contribution in [3.8, 4) is 0 Å². The first-order valence-corrected chi connectivity index (χ1v) is 9.51. The maximum atomic E-state index is 12.5. The van der Waals surface area contributed by atoms with Gasteiger partial charge in [-0.1, -0.05) is 40.2 Å². The summed E-state index contributed by atoms with van der Waals surface area (Å²) >= 11 is 5.12. The van der Waals surface area contributed by atoms with E-state index >= 15 is 0 Å². The van der Waals surface area contributed by atoms with Crippen molar-refractivity contribution in [2.45, 2.75) is 25.8 Å². The molecular formula is C19H19BrN2OS. The number of halogens is 1. The number of carbonyl (C=O) groups is 1. The zero-order valence-electron chi connectivity index (χ0n) is 13.7. The van der Waals surface area contributed by atoms with Crippen LogP contribution in [0.4, 0.5) is 0 Å². The number of fused-ring (bicyclic) bond motifs is 1. The number of benzene rings is 2. The van der Waals surface area contributed by atoms with Crippen LogP contribution in [0.15, 0.2) is 53.0 Å². The van der Waals surface area contributed by atoms with Crippen LogP contribution in [0.1, 0.15) is 30.0 Å². The van der Waals surface area contributed by atoms with Crippen molar-refractivity contribution in [2.75, 3.05) is 7.05 Å². The van der Waals surface area contributed by atoms with E-state index in [0.29, 0.717) is 6.42 Å². The molecule has 1 atom stereocenters. The van der Waals surface area contributed by atoms with E-state index in [1.807, 2.05) is 44.3 Å². The number of aryl methyl sites for hydroxylation is 1. The number of aromatic nitrogens is 1. The van der Waals surface area contributed by atoms with Gasteiger partial charge in [-0.2, -0.15) is 0 Å². The fourth-order valence-corrected chi connectivity index (χ4v) is 4.08. The second kappa shape index (κ2) is 7.45. The molecule has 0 aliphatic carbocycles. The molecule has 1 amide bonds. The normalized spacial score (nSPS) is 12.3. The summed E-state index contributed by atoms with van der Waals surface area (Å²) in [4.78, 5) is 19.0. The molecule has 0 bridgehead atoms. The summed E-state index contributed by atoms with van der Waals surface area (Å²) in [6, 6.07) is 16.2. The van der Waals surface area contributed by atoms with E-state index in [0.717, 1.165) is 26.1 Å². The van der Waals surface area contributed by atoms with E-state index in [2.05, 4.69) is 39.1 Å². The number of para-hydroxylation sites is 1. The SMILES string of the molecule is CC(c1nc2ccccc2s1)N(C)C(=O)CCc1cccc(Br)c1. The van der Waals surface area contributed by atoms with Gasteiger partial charge in [0.05, 0.1) is 16.3 Å². The first-order chi connectivity index (χ1) is 11.5. The van der Waals surface area contributed by atoms with Gasteiger partial charge in [-0.25, -0.2) is 4.98 Å². The lowest BCUT2D eigenvalue weighted by Crippen LogP contribution is -2.29. The highest BCUT2D eigenvalue weighted by atomic mass is 79.9. The van der Waals surface area contributed by atoms with Crippen molar-refractivity contribution in [3.05, 3.63) is 63.6 Å². The van der Waals surface area contributed by atoms with Crippen LogP contribution in [0.25, 0.3) is 10.2 Å². The summed E-state index contributed by atoms with van der Waals surface area (Å²) in [5.41, 5.74) is 2.16. The van der Waals surface area contributed by atoms with Gasteiger partial charge in [0.2, 0.25) is 5.91 Å². The smallest absolute Gasteiger partial charge is 0.223 e. The average Bonchev–Trinajstić information content (AvgIpc) is 3.02. The Labute approximate surface area is 154 Å². The molecule has 0 saturated heterocycles. The van der Waals surface area contributed by atoms with Crippen LogP contribution in [-0.4, -0.2) is 22.8 Å². The Kier molecular flexibility index (Phi) is 5.31. The predicted octanol–water partition coefficient (Wildman–Crippen LogP) is 5.21. The lowest BCUT2D eigenvalue weighted by molar-refractivity contribution is -0.131. The highest BCUT2D eigenvalue weighted by Crippen LogP contribution is 2.29. The number of hydrogen-bond donors (Lipinski definition) is 0. The second-order valence-electron chi connectivity index (χ2n) is 5.83. The van der Waals surface area contributed by atoms with Gasteiger partial charge >= 0.3 is 0 Å². The van der Waals surface area contributed by atoms with Crippen molar-refractivity contribution in [1.29, 1.82) is 0 Å². The Morgan fingerprint density at radius 3 is 2.79 bits per heavy atom. The first-order valence-electron chi connectivity index (χ1n) is 7.90. The highest BCUT2D eigenvalue weighted by Gasteiger charge is 2.20. The number of thiazole rings is 1. The lowest BCUT2D eigenvalue weighted by Gasteiger charge is -2.23. The van der Waals surface area contributed by atoms with Gasteiger partial charge in [-0.15, -0.1) is 11.3 Å². The molecule has 24 heavy (non-hydrogen) atoms. The van der Waals surface area contributed by atoms with Crippen LogP contribution in [0.5, 0.6) is 0 Å². The largest absolute Gasteiger partial charge is 0.337 e. The van der Waals surface area contributed by atoms with Gasteiger partial charge in [-0.3, -0.25) is 4.79 Å². The van der Waals surface area contributed by atoms with E-state index in [1.165, 1.54) is 5.56 Å². The topological polar surface area (TPSA) is 33.2 Å². The average molecular weight is 403 g/mol. The number of rotatable bonds is 5. The maximum absolute atomic E-state index is 12.5. The van der Waals surface area contributed by atoms with Gasteiger partial charge in [-0.05, 0) is 43.2 Å². The van der Waals surface area contributed by atoms with Crippen molar-refractivity contribution in [2.24, 2.45) is 0 Å². The van der Waals surface area contributed by atoms with Crippen LogP contribution in [0, 0.1) is 0 Å². The van der Waals surface area contributed by atoms with Crippen molar-refractivity contribution < 1.29 is 4.79 Å². The molecule has 0 N–H and O–H groups in total. The summed E-state index contributed by atoms with van der Waals surface area (Å²) in [6.07, 6.45) is 1.25. The van der Waals surface area contributed by atoms with Crippen molar-refractivity contribution >= 4 is 43.4 Å². The molecule has 0 saturated carbocycles. The summed E-state index contributed by atoms with van der Waals surface area (Å²) in [6.45, 7) is 2.04. The zero-order valence-corrected chi connectivity index (χ0v) is 16.1. The minimum absolute atomic E-state index is 0.0163. The zero-order chi connectivity index (χ0) is 17.1. The Hall–Kier alpha value is -1.72. The van der Waals surface area contributed by atoms with Crippen molar-refractivity contribution in [1.82, 2.24) is 9.88 Å². The fourth-order valence-electron chi connectivity index (χ4n) is 2.57. The first kappa shape index (κ1) is 17.1. The minimum atomic E-state index is -0.0163. The molecule has 1 heterocycles. The second-order valence-corrected chi connectivity index (χ2v) is 7.81. The number of nitrogens with zero attached hydrogens (tertiary/aromatic N) is 2. The van der Waals surface area contributed by atoms with Crippen molar-refractivity contribution in [3.63, 3.8) is 0 Å². The molecule has 0 spiro atoms. The third kappa shape index (κ3) is 3.84. The molecule has 3 aromatic rings. The van der Waals surface area contributed by atoms with E-state index < -0.39 is 0 Å². The number of carbonyl (C=O) groups excluding carboxylic acids is 1. The van der Waals surface area contributed by atoms with E-state index in [9.17, 15) is 4.79 Å². The highest BCUT2D eigenvalue weighted by molar-refractivity contribution is 9.10. The standard InChI is InChI=1S/C19H19BrN2OS/c1-13(19-21-16-8-3-4-9-17(16)24-19)22(2)18(23)11-10-14-6-5-7-15(20)12-14/h3-9,12-13H,10-11H2,1-2H3. The van der Waals surface area contributed by atoms with Gasteiger partial charge < -0.3 is 4.90 Å². The molecule has 0 aliphatic heterocycles. The van der Waals surface area contributed by atoms with E-state index in [-0.39, 0.29) is 11.9 Å². The molecule has 0 aliphatic rings. The lowest BCUT2D eigenvalue weighted by atomic mass is 10.1. The quantitative estimate of drug-likeness (QED) is 0.586. The van der Waals surface area contributed by atoms with Gasteiger partial charge in [0.15, 0.2) is 0 Å². The van der Waals surface area contributed by atoms with Crippen LogP contribution in [-0.2, 0) is 11.2 Å². The minimum Gasteiger partial charge on any atom is -0.337 e. The summed E-state index contributed by atoms with van der Waals surface area (Å²) in [5, 5.41) is 0.981. The summed E-state index contributed by atoms with van der Waals surface area (Å²) in [7, 11) is 1.86. The molecule has 3 rings (SSSR count). The van der Waals surface area contributed by atoms with Crippen LogP contribution >= 0.6 is 27.3 Å². The molecule has 3 nitrogen and oxygen atoms in total. The molecular weight excluding hydrogens is 384 g/mol. The van der Waals surface area contributed by atoms with E-state index in [1.54, 1.807) is 16.2 Å². The molecule has 1 aromatic heterocycles. The van der Waals surface area contributed by atoms with Crippen LogP contribution < -0.4 is 0 Å². The Morgan fingerprint density at radius 1 is 1.25 bits per heavy atom. The predicted molar refractivity (Wildman–Crippen MR) is 103 cm³/mol. The summed E-state index contributed by atoms with van der Waals surface area (Å²) < 4.78 is 2.21. The van der Waals surface area contributed by atoms with Gasteiger partial charge in [0.1, 0.15) is 5.01 Å². The molecule has 5 heteroatoms. The maximum Gasteiger partial charge on any atom is 0.223 e. The molecule has 0 fully saturated rings. The number of hydrogen-bond acceptors (Lipinski definition) is 3. The molecule has 0 radical (unpaired) electrons. The third-order valence-corrected chi connectivity index (χ3v) is 5.86. The van der Waals surface area contributed by atoms with Gasteiger partial charge in [0, 0.05) is 17.9 Å². The molecule has 1 unspecified atom stereocenters. The Bertz CT molecular complexity index is 828. The fraction of sp³-hybridized carbons (Fsp3) is 0.263. The molecule has 2 aromatic carbocycles. The molecule has 124 valence electrons.